The largest absolute Gasteiger partial charge is 0.507 e. The second kappa shape index (κ2) is 8.86. The summed E-state index contributed by atoms with van der Waals surface area (Å²) in [6.07, 6.45) is 2.14. The highest BCUT2D eigenvalue weighted by atomic mass is 16.5. The summed E-state index contributed by atoms with van der Waals surface area (Å²) in [5.41, 5.74) is 0.310. The van der Waals surface area contributed by atoms with Gasteiger partial charge in [-0.15, -0.1) is 0 Å². The lowest BCUT2D eigenvalue weighted by atomic mass is 9.98. The summed E-state index contributed by atoms with van der Waals surface area (Å²) in [4.78, 5) is 26.9. The van der Waals surface area contributed by atoms with Crippen LogP contribution < -0.4 is 9.47 Å². The Bertz CT molecular complexity index is 915. The van der Waals surface area contributed by atoms with Gasteiger partial charge in [0.25, 0.3) is 11.7 Å². The zero-order chi connectivity index (χ0) is 21.0. The molecule has 1 atom stereocenters. The highest BCUT2D eigenvalue weighted by Crippen LogP contribution is 2.41. The lowest BCUT2D eigenvalue weighted by Crippen LogP contribution is -2.30. The maximum Gasteiger partial charge on any atom is 0.295 e. The van der Waals surface area contributed by atoms with E-state index in [-0.39, 0.29) is 11.3 Å². The van der Waals surface area contributed by atoms with Gasteiger partial charge in [-0.25, -0.2) is 0 Å². The van der Waals surface area contributed by atoms with Gasteiger partial charge < -0.3 is 23.9 Å². The predicted octanol–water partition coefficient (Wildman–Crippen LogP) is 3.91. The first-order chi connectivity index (χ1) is 14.0. The predicted molar refractivity (Wildman–Crippen MR) is 107 cm³/mol. The van der Waals surface area contributed by atoms with Crippen LogP contribution in [0.3, 0.4) is 0 Å². The summed E-state index contributed by atoms with van der Waals surface area (Å²) in [6.45, 7) is 6.82. The van der Waals surface area contributed by atoms with Crippen molar-refractivity contribution in [2.24, 2.45) is 0 Å². The number of benzene rings is 1. The highest BCUT2D eigenvalue weighted by molar-refractivity contribution is 6.46. The molecule has 1 fully saturated rings. The average Bonchev–Trinajstić information content (AvgIpc) is 3.31. The molecule has 29 heavy (non-hydrogen) atoms. The maximum atomic E-state index is 12.8. The van der Waals surface area contributed by atoms with E-state index in [1.54, 1.807) is 30.3 Å². The van der Waals surface area contributed by atoms with Gasteiger partial charge in [-0.3, -0.25) is 9.59 Å². The number of nitrogens with zero attached hydrogens (tertiary/aromatic N) is 1. The van der Waals surface area contributed by atoms with Crippen LogP contribution in [0.5, 0.6) is 11.5 Å². The molecular weight excluding hydrogens is 374 g/mol. The van der Waals surface area contributed by atoms with Crippen LogP contribution in [-0.2, 0) is 9.59 Å². The van der Waals surface area contributed by atoms with Crippen molar-refractivity contribution in [2.75, 3.05) is 19.8 Å². The number of ether oxygens (including phenoxy) is 2. The molecule has 3 rings (SSSR count). The lowest BCUT2D eigenvalue weighted by molar-refractivity contribution is -0.140. The van der Waals surface area contributed by atoms with E-state index >= 15 is 0 Å². The van der Waals surface area contributed by atoms with Crippen molar-refractivity contribution >= 4 is 17.4 Å². The van der Waals surface area contributed by atoms with Gasteiger partial charge in [0, 0.05) is 12.6 Å². The number of aliphatic hydroxyl groups excluding tert-OH is 1. The Morgan fingerprint density at radius 2 is 1.90 bits per heavy atom. The van der Waals surface area contributed by atoms with Gasteiger partial charge in [-0.2, -0.15) is 0 Å². The smallest absolute Gasteiger partial charge is 0.295 e. The maximum absolute atomic E-state index is 12.8. The number of aliphatic hydroxyl groups is 1. The number of hydrogen-bond acceptors (Lipinski definition) is 6. The Morgan fingerprint density at radius 1 is 1.14 bits per heavy atom. The topological polar surface area (TPSA) is 89.2 Å². The van der Waals surface area contributed by atoms with Crippen molar-refractivity contribution in [3.8, 4) is 11.5 Å². The summed E-state index contributed by atoms with van der Waals surface area (Å²) in [5, 5.41) is 11.1. The molecule has 0 radical (unpaired) electrons. The minimum absolute atomic E-state index is 0.0106. The Labute approximate surface area is 169 Å². The summed E-state index contributed by atoms with van der Waals surface area (Å²) in [6, 6.07) is 7.55. The fraction of sp³-hybridized carbons (Fsp3) is 0.364. The molecule has 2 heterocycles. The summed E-state index contributed by atoms with van der Waals surface area (Å²) in [7, 11) is 0. The van der Waals surface area contributed by atoms with Gasteiger partial charge in [-0.1, -0.05) is 6.92 Å². The summed E-state index contributed by atoms with van der Waals surface area (Å²) >= 11 is 0. The molecule has 1 N–H and O–H groups in total. The van der Waals surface area contributed by atoms with E-state index in [1.165, 1.54) is 11.2 Å². The second-order valence-corrected chi connectivity index (χ2v) is 6.53. The van der Waals surface area contributed by atoms with Crippen molar-refractivity contribution in [1.29, 1.82) is 0 Å². The van der Waals surface area contributed by atoms with Crippen LogP contribution in [0.25, 0.3) is 5.76 Å². The fourth-order valence-electron chi connectivity index (χ4n) is 3.47. The van der Waals surface area contributed by atoms with E-state index in [1.807, 2.05) is 20.8 Å². The number of hydrogen-bond donors (Lipinski definition) is 1. The number of carbonyl (C=O) groups excluding carboxylic acids is 2. The third-order valence-electron chi connectivity index (χ3n) is 4.64. The number of Topliss-reactive ketones (excluding diaryl/α,β-unsaturated/α-hetero) is 1. The van der Waals surface area contributed by atoms with E-state index in [2.05, 4.69) is 0 Å². The fourth-order valence-corrected chi connectivity index (χ4v) is 3.47. The quantitative estimate of drug-likeness (QED) is 0.411. The molecule has 1 saturated heterocycles. The van der Waals surface area contributed by atoms with Crippen LogP contribution in [0.1, 0.15) is 44.6 Å². The molecule has 0 aliphatic carbocycles. The van der Waals surface area contributed by atoms with E-state index in [0.29, 0.717) is 49.0 Å². The Morgan fingerprint density at radius 3 is 2.52 bits per heavy atom. The Balaban J connectivity index is 2.16. The van der Waals surface area contributed by atoms with Crippen molar-refractivity contribution < 1.29 is 28.6 Å². The summed E-state index contributed by atoms with van der Waals surface area (Å²) in [5.74, 6) is -0.317. The zero-order valence-electron chi connectivity index (χ0n) is 16.8. The van der Waals surface area contributed by atoms with Gasteiger partial charge in [0.15, 0.2) is 0 Å². The molecule has 1 aromatic carbocycles. The van der Waals surface area contributed by atoms with E-state index in [4.69, 9.17) is 13.9 Å². The zero-order valence-corrected chi connectivity index (χ0v) is 16.8. The highest BCUT2D eigenvalue weighted by Gasteiger charge is 2.47. The Kier molecular flexibility index (Phi) is 6.26. The number of furan rings is 1. The average molecular weight is 399 g/mol. The van der Waals surface area contributed by atoms with E-state index in [0.717, 1.165) is 0 Å². The van der Waals surface area contributed by atoms with Crippen LogP contribution in [0, 0.1) is 0 Å². The second-order valence-electron chi connectivity index (χ2n) is 6.53. The molecule has 7 nitrogen and oxygen atoms in total. The van der Waals surface area contributed by atoms with Gasteiger partial charge >= 0.3 is 0 Å². The molecule has 0 saturated carbocycles. The molecule has 1 unspecified atom stereocenters. The normalized spacial score (nSPS) is 18.3. The molecule has 7 heteroatoms. The minimum Gasteiger partial charge on any atom is -0.507 e. The molecule has 1 aromatic heterocycles. The number of carbonyl (C=O) groups is 2. The van der Waals surface area contributed by atoms with Crippen molar-refractivity contribution in [2.45, 2.75) is 33.2 Å². The van der Waals surface area contributed by atoms with Crippen LogP contribution in [-0.4, -0.2) is 41.5 Å². The minimum atomic E-state index is -0.786. The number of ketones is 1. The standard InChI is InChI=1S/C22H25NO6/c1-4-11-23-19(16-8-7-12-29-16)18(21(25)22(23)26)20(24)15-10-9-14(27-5-2)13-17(15)28-6-3/h7-10,12-13,19,24H,4-6,11H2,1-3H3/b20-18-. The van der Waals surface area contributed by atoms with Crippen LogP contribution >= 0.6 is 0 Å². The third-order valence-corrected chi connectivity index (χ3v) is 4.64. The number of likely N-dealkylation sites (tertiary alicyclic amines) is 1. The SMILES string of the molecule is CCCN1C(=O)C(=O)/C(=C(\O)c2ccc(OCC)cc2OCC)C1c1ccco1. The molecule has 0 bridgehead atoms. The summed E-state index contributed by atoms with van der Waals surface area (Å²) < 4.78 is 16.7. The molecule has 154 valence electrons. The number of rotatable bonds is 8. The van der Waals surface area contributed by atoms with Crippen molar-refractivity contribution in [3.05, 3.63) is 53.5 Å². The van der Waals surface area contributed by atoms with Gasteiger partial charge in [0.05, 0.1) is 30.6 Å². The van der Waals surface area contributed by atoms with Crippen LogP contribution in [0.2, 0.25) is 0 Å². The van der Waals surface area contributed by atoms with Gasteiger partial charge in [-0.05, 0) is 44.5 Å². The van der Waals surface area contributed by atoms with E-state index in [9.17, 15) is 14.7 Å². The Hall–Kier alpha value is -3.22. The molecule has 1 amide bonds. The van der Waals surface area contributed by atoms with E-state index < -0.39 is 17.7 Å². The number of amides is 1. The van der Waals surface area contributed by atoms with Crippen molar-refractivity contribution in [1.82, 2.24) is 4.90 Å². The van der Waals surface area contributed by atoms with Gasteiger partial charge in [0.1, 0.15) is 29.1 Å². The molecule has 1 aliphatic heterocycles. The molecule has 2 aromatic rings. The van der Waals surface area contributed by atoms with Crippen LogP contribution in [0.15, 0.2) is 46.6 Å². The lowest BCUT2D eigenvalue weighted by Gasteiger charge is -2.22. The molecule has 1 aliphatic rings. The molecular formula is C22H25NO6. The van der Waals surface area contributed by atoms with Gasteiger partial charge in [0.2, 0.25) is 0 Å². The third kappa shape index (κ3) is 3.85. The monoisotopic (exact) mass is 399 g/mol. The van der Waals surface area contributed by atoms with Crippen molar-refractivity contribution in [3.63, 3.8) is 0 Å². The first-order valence-electron chi connectivity index (χ1n) is 9.75. The van der Waals surface area contributed by atoms with Crippen LogP contribution in [0.4, 0.5) is 0 Å². The first kappa shape index (κ1) is 20.5. The molecule has 0 spiro atoms. The first-order valence-corrected chi connectivity index (χ1v) is 9.75.